The highest BCUT2D eigenvalue weighted by atomic mass is 19.1. The van der Waals surface area contributed by atoms with E-state index in [1.807, 2.05) is 0 Å². The molecule has 27 heavy (non-hydrogen) atoms. The summed E-state index contributed by atoms with van der Waals surface area (Å²) in [6, 6.07) is 7.17. The van der Waals surface area contributed by atoms with Crippen LogP contribution in [0, 0.1) is 5.82 Å². The van der Waals surface area contributed by atoms with Crippen LogP contribution in [-0.4, -0.2) is 31.5 Å². The van der Waals surface area contributed by atoms with Crippen molar-refractivity contribution < 1.29 is 24.2 Å². The molecular weight excluding hydrogens is 355 g/mol. The van der Waals surface area contributed by atoms with Gasteiger partial charge in [0.15, 0.2) is 5.78 Å². The van der Waals surface area contributed by atoms with Gasteiger partial charge in [-0.1, -0.05) is 12.1 Å². The quantitative estimate of drug-likeness (QED) is 0.668. The number of rotatable bonds is 5. The van der Waals surface area contributed by atoms with Gasteiger partial charge in [0.25, 0.3) is 5.56 Å². The highest BCUT2D eigenvalue weighted by molar-refractivity contribution is 6.04. The van der Waals surface area contributed by atoms with Gasteiger partial charge in [-0.3, -0.25) is 19.0 Å². The van der Waals surface area contributed by atoms with Crippen molar-refractivity contribution in [3.63, 3.8) is 0 Å². The number of ketones is 1. The van der Waals surface area contributed by atoms with Crippen LogP contribution in [0.3, 0.4) is 0 Å². The maximum atomic E-state index is 13.1. The van der Waals surface area contributed by atoms with E-state index < -0.39 is 47.3 Å². The lowest BCUT2D eigenvalue weighted by atomic mass is 10.0. The molecule has 0 radical (unpaired) electrons. The van der Waals surface area contributed by atoms with E-state index >= 15 is 0 Å². The van der Waals surface area contributed by atoms with Crippen molar-refractivity contribution in [2.24, 2.45) is 7.05 Å². The second-order valence-electron chi connectivity index (χ2n) is 6.01. The molecule has 0 atom stereocenters. The highest BCUT2D eigenvalue weighted by Crippen LogP contribution is 2.30. The molecule has 2 aromatic heterocycles. The minimum absolute atomic E-state index is 0.164. The second kappa shape index (κ2) is 6.99. The normalized spacial score (nSPS) is 10.9. The van der Waals surface area contributed by atoms with Gasteiger partial charge < -0.3 is 10.2 Å². The zero-order valence-electron chi connectivity index (χ0n) is 14.3. The van der Waals surface area contributed by atoms with Gasteiger partial charge in [-0.25, -0.2) is 9.37 Å². The number of aromatic nitrogens is 2. The van der Waals surface area contributed by atoms with Gasteiger partial charge >= 0.3 is 5.97 Å². The van der Waals surface area contributed by atoms with E-state index in [-0.39, 0.29) is 11.0 Å². The first kappa shape index (κ1) is 18.2. The maximum Gasteiger partial charge on any atom is 0.303 e. The van der Waals surface area contributed by atoms with Crippen LogP contribution in [0.25, 0.3) is 22.2 Å². The largest absolute Gasteiger partial charge is 0.506 e. The zero-order chi connectivity index (χ0) is 19.7. The molecule has 2 heterocycles. The second-order valence-corrected chi connectivity index (χ2v) is 6.01. The molecule has 3 rings (SSSR count). The number of nitrogens with zero attached hydrogens (tertiary/aromatic N) is 2. The van der Waals surface area contributed by atoms with E-state index in [1.54, 1.807) is 6.07 Å². The summed E-state index contributed by atoms with van der Waals surface area (Å²) < 4.78 is 14.2. The molecule has 0 unspecified atom stereocenters. The first-order valence-electron chi connectivity index (χ1n) is 8.02. The lowest BCUT2D eigenvalue weighted by Crippen LogP contribution is -2.25. The Bertz CT molecular complexity index is 1120. The van der Waals surface area contributed by atoms with Crippen LogP contribution in [0.1, 0.15) is 23.2 Å². The fourth-order valence-electron chi connectivity index (χ4n) is 2.80. The lowest BCUT2D eigenvalue weighted by molar-refractivity contribution is -0.136. The first-order valence-corrected chi connectivity index (χ1v) is 8.02. The molecule has 0 aliphatic carbocycles. The van der Waals surface area contributed by atoms with Crippen molar-refractivity contribution in [3.05, 3.63) is 58.3 Å². The predicted octanol–water partition coefficient (Wildman–Crippen LogP) is 2.49. The molecule has 0 saturated carbocycles. The molecule has 0 amide bonds. The number of pyridine rings is 2. The SMILES string of the molecule is Cn1c(=O)c(C(=O)CCC(=O)O)c(O)c2cc(-c3ccc(F)cc3)cnc21. The summed E-state index contributed by atoms with van der Waals surface area (Å²) in [5.74, 6) is -2.88. The van der Waals surface area contributed by atoms with Crippen molar-refractivity contribution in [2.45, 2.75) is 12.8 Å². The summed E-state index contributed by atoms with van der Waals surface area (Å²) in [6.07, 6.45) is 0.614. The summed E-state index contributed by atoms with van der Waals surface area (Å²) in [4.78, 5) is 39.6. The van der Waals surface area contributed by atoms with Crippen LogP contribution < -0.4 is 5.56 Å². The van der Waals surface area contributed by atoms with Gasteiger partial charge in [-0.05, 0) is 23.8 Å². The summed E-state index contributed by atoms with van der Waals surface area (Å²) in [7, 11) is 1.41. The molecule has 0 aliphatic heterocycles. The number of carbonyl (C=O) groups excluding carboxylic acids is 1. The van der Waals surface area contributed by atoms with Crippen LogP contribution in [0.2, 0.25) is 0 Å². The molecule has 0 saturated heterocycles. The third kappa shape index (κ3) is 3.41. The molecule has 2 N–H and O–H groups in total. The van der Waals surface area contributed by atoms with Crippen LogP contribution in [0.5, 0.6) is 5.75 Å². The molecule has 0 spiro atoms. The fraction of sp³-hybridized carbons (Fsp3) is 0.158. The van der Waals surface area contributed by atoms with Gasteiger partial charge in [0, 0.05) is 25.2 Å². The lowest BCUT2D eigenvalue weighted by Gasteiger charge is -2.11. The van der Waals surface area contributed by atoms with E-state index in [4.69, 9.17) is 5.11 Å². The molecule has 3 aromatic rings. The van der Waals surface area contributed by atoms with Gasteiger partial charge in [-0.15, -0.1) is 0 Å². The summed E-state index contributed by atoms with van der Waals surface area (Å²) in [5.41, 5.74) is 0.137. The number of benzene rings is 1. The number of hydrogen-bond acceptors (Lipinski definition) is 5. The Labute approximate surface area is 152 Å². The van der Waals surface area contributed by atoms with E-state index in [9.17, 15) is 23.9 Å². The molecule has 138 valence electrons. The third-order valence-electron chi connectivity index (χ3n) is 4.22. The first-order chi connectivity index (χ1) is 12.8. The number of carbonyl (C=O) groups is 2. The van der Waals surface area contributed by atoms with Crippen LogP contribution in [0.15, 0.2) is 41.3 Å². The fourth-order valence-corrected chi connectivity index (χ4v) is 2.80. The van der Waals surface area contributed by atoms with Crippen molar-refractivity contribution in [1.29, 1.82) is 0 Å². The molecule has 0 aliphatic rings. The summed E-state index contributed by atoms with van der Waals surface area (Å²) >= 11 is 0. The topological polar surface area (TPSA) is 109 Å². The molecule has 8 heteroatoms. The van der Waals surface area contributed by atoms with Crippen molar-refractivity contribution in [2.75, 3.05) is 0 Å². The van der Waals surface area contributed by atoms with Crippen LogP contribution in [0.4, 0.5) is 4.39 Å². The third-order valence-corrected chi connectivity index (χ3v) is 4.22. The number of carboxylic acid groups (broad SMARTS) is 1. The van der Waals surface area contributed by atoms with Gasteiger partial charge in [0.05, 0.1) is 11.8 Å². The number of aromatic hydroxyl groups is 1. The number of fused-ring (bicyclic) bond motifs is 1. The van der Waals surface area contributed by atoms with Crippen molar-refractivity contribution in [3.8, 4) is 16.9 Å². The summed E-state index contributed by atoms with van der Waals surface area (Å²) in [5, 5.41) is 19.4. The predicted molar refractivity (Wildman–Crippen MR) is 95.2 cm³/mol. The Balaban J connectivity index is 2.18. The number of hydrogen-bond donors (Lipinski definition) is 2. The van der Waals surface area contributed by atoms with Gasteiger partial charge in [0.2, 0.25) is 0 Å². The Morgan fingerprint density at radius 1 is 1.15 bits per heavy atom. The Morgan fingerprint density at radius 2 is 1.81 bits per heavy atom. The number of halogens is 1. The van der Waals surface area contributed by atoms with E-state index in [2.05, 4.69) is 4.98 Å². The molecule has 1 aromatic carbocycles. The Morgan fingerprint density at radius 3 is 2.44 bits per heavy atom. The maximum absolute atomic E-state index is 13.1. The molecule has 0 bridgehead atoms. The smallest absolute Gasteiger partial charge is 0.303 e. The molecular formula is C19H15FN2O5. The number of aryl methyl sites for hydroxylation is 1. The molecule has 0 fully saturated rings. The van der Waals surface area contributed by atoms with Crippen molar-refractivity contribution >= 4 is 22.8 Å². The van der Waals surface area contributed by atoms with Crippen LogP contribution >= 0.6 is 0 Å². The number of aliphatic carboxylic acids is 1. The number of carboxylic acids is 1. The average molecular weight is 370 g/mol. The zero-order valence-corrected chi connectivity index (χ0v) is 14.3. The monoisotopic (exact) mass is 370 g/mol. The van der Waals surface area contributed by atoms with Crippen LogP contribution in [-0.2, 0) is 11.8 Å². The van der Waals surface area contributed by atoms with E-state index in [0.717, 1.165) is 4.57 Å². The van der Waals surface area contributed by atoms with Gasteiger partial charge in [0.1, 0.15) is 22.8 Å². The minimum atomic E-state index is -1.18. The summed E-state index contributed by atoms with van der Waals surface area (Å²) in [6.45, 7) is 0. The Hall–Kier alpha value is -3.55. The minimum Gasteiger partial charge on any atom is -0.506 e. The van der Waals surface area contributed by atoms with Crippen molar-refractivity contribution in [1.82, 2.24) is 9.55 Å². The average Bonchev–Trinajstić information content (AvgIpc) is 2.65. The molecule has 7 nitrogen and oxygen atoms in total. The number of Topliss-reactive ketones (excluding diaryl/α,β-unsaturated/α-hetero) is 1. The highest BCUT2D eigenvalue weighted by Gasteiger charge is 2.22. The van der Waals surface area contributed by atoms with E-state index in [1.165, 1.54) is 37.5 Å². The van der Waals surface area contributed by atoms with Gasteiger partial charge in [-0.2, -0.15) is 0 Å². The van der Waals surface area contributed by atoms with E-state index in [0.29, 0.717) is 11.1 Å². The standard InChI is InChI=1S/C19H15FN2O5/c1-22-18-13(8-11(9-21-18)10-2-4-12(20)5-3-10)17(26)16(19(22)27)14(23)6-7-15(24)25/h2-5,8-9,26H,6-7H2,1H3,(H,24,25). The Kier molecular flexibility index (Phi) is 4.72.